The summed E-state index contributed by atoms with van der Waals surface area (Å²) >= 11 is 1.35. The van der Waals surface area contributed by atoms with E-state index in [0.29, 0.717) is 17.3 Å². The third-order valence-electron chi connectivity index (χ3n) is 2.92. The average molecular weight is 267 g/mol. The van der Waals surface area contributed by atoms with Crippen molar-refractivity contribution in [2.24, 2.45) is 11.7 Å². The molecule has 1 aromatic heterocycles. The predicted octanol–water partition coefficient (Wildman–Crippen LogP) is 0.331. The van der Waals surface area contributed by atoms with E-state index in [0.717, 1.165) is 12.8 Å². The van der Waals surface area contributed by atoms with Crippen molar-refractivity contribution in [2.75, 3.05) is 13.1 Å². The summed E-state index contributed by atoms with van der Waals surface area (Å²) in [5, 5.41) is 7.12. The molecular weight excluding hydrogens is 250 g/mol. The van der Waals surface area contributed by atoms with Crippen molar-refractivity contribution in [1.29, 1.82) is 0 Å². The van der Waals surface area contributed by atoms with E-state index in [4.69, 9.17) is 5.73 Å². The molecule has 0 radical (unpaired) electrons. The summed E-state index contributed by atoms with van der Waals surface area (Å²) in [6.45, 7) is 0.479. The van der Waals surface area contributed by atoms with Gasteiger partial charge in [-0.15, -0.1) is 11.3 Å². The van der Waals surface area contributed by atoms with Gasteiger partial charge in [-0.25, -0.2) is 0 Å². The fourth-order valence-corrected chi connectivity index (χ4v) is 2.28. The second-order valence-corrected chi connectivity index (χ2v) is 5.41. The highest BCUT2D eigenvalue weighted by Gasteiger charge is 2.28. The van der Waals surface area contributed by atoms with Crippen LogP contribution in [-0.2, 0) is 4.79 Å². The molecule has 1 saturated carbocycles. The molecule has 1 aromatic rings. The topological polar surface area (TPSA) is 84.2 Å². The summed E-state index contributed by atoms with van der Waals surface area (Å²) in [7, 11) is 0. The predicted molar refractivity (Wildman–Crippen MR) is 70.4 cm³/mol. The van der Waals surface area contributed by atoms with Crippen LogP contribution in [0.15, 0.2) is 17.5 Å². The zero-order valence-corrected chi connectivity index (χ0v) is 10.8. The summed E-state index contributed by atoms with van der Waals surface area (Å²) < 4.78 is 0. The molecule has 1 unspecified atom stereocenters. The zero-order chi connectivity index (χ0) is 13.0. The molecule has 0 aromatic carbocycles. The van der Waals surface area contributed by atoms with Gasteiger partial charge >= 0.3 is 0 Å². The van der Waals surface area contributed by atoms with Crippen molar-refractivity contribution >= 4 is 23.2 Å². The first kappa shape index (κ1) is 13.0. The Balaban J connectivity index is 1.63. The van der Waals surface area contributed by atoms with Crippen LogP contribution in [0.3, 0.4) is 0 Å². The molecule has 0 spiro atoms. The van der Waals surface area contributed by atoms with Gasteiger partial charge in [-0.3, -0.25) is 9.59 Å². The van der Waals surface area contributed by atoms with E-state index in [9.17, 15) is 9.59 Å². The van der Waals surface area contributed by atoms with E-state index < -0.39 is 0 Å². The second-order valence-electron chi connectivity index (χ2n) is 4.47. The Morgan fingerprint density at radius 3 is 2.83 bits per heavy atom. The quantitative estimate of drug-likeness (QED) is 0.694. The van der Waals surface area contributed by atoms with E-state index in [-0.39, 0.29) is 24.4 Å². The first-order chi connectivity index (χ1) is 8.66. The molecule has 0 bridgehead atoms. The van der Waals surface area contributed by atoms with Gasteiger partial charge < -0.3 is 16.4 Å². The maximum absolute atomic E-state index is 11.6. The van der Waals surface area contributed by atoms with Crippen molar-refractivity contribution in [2.45, 2.75) is 18.9 Å². The Labute approximate surface area is 110 Å². The van der Waals surface area contributed by atoms with Gasteiger partial charge in [0.2, 0.25) is 5.91 Å². The van der Waals surface area contributed by atoms with Crippen molar-refractivity contribution in [3.63, 3.8) is 0 Å². The minimum absolute atomic E-state index is 0.00583. The first-order valence-electron chi connectivity index (χ1n) is 6.01. The van der Waals surface area contributed by atoms with Crippen LogP contribution in [0.25, 0.3) is 0 Å². The summed E-state index contributed by atoms with van der Waals surface area (Å²) in [5.41, 5.74) is 5.86. The van der Waals surface area contributed by atoms with Gasteiger partial charge in [-0.1, -0.05) is 6.07 Å². The Kier molecular flexibility index (Phi) is 4.33. The fraction of sp³-hybridized carbons (Fsp3) is 0.500. The van der Waals surface area contributed by atoms with Crippen molar-refractivity contribution in [3.05, 3.63) is 22.4 Å². The SMILES string of the molecule is NC(CNC(=O)CNC(=O)c1cccs1)C1CC1. The number of hydrogen-bond donors (Lipinski definition) is 3. The number of amides is 2. The highest BCUT2D eigenvalue weighted by molar-refractivity contribution is 7.12. The second kappa shape index (κ2) is 5.97. The molecular formula is C12H17N3O2S. The zero-order valence-electron chi connectivity index (χ0n) is 10.0. The molecule has 1 heterocycles. The van der Waals surface area contributed by atoms with Crippen molar-refractivity contribution in [1.82, 2.24) is 10.6 Å². The molecule has 1 atom stereocenters. The van der Waals surface area contributed by atoms with Crippen LogP contribution in [0.4, 0.5) is 0 Å². The molecule has 18 heavy (non-hydrogen) atoms. The van der Waals surface area contributed by atoms with E-state index >= 15 is 0 Å². The standard InChI is InChI=1S/C12H17N3O2S/c13-9(8-3-4-8)6-14-11(16)7-15-12(17)10-2-1-5-18-10/h1-2,5,8-9H,3-4,6-7,13H2,(H,14,16)(H,15,17). The lowest BCUT2D eigenvalue weighted by atomic mass is 10.2. The summed E-state index contributed by atoms with van der Waals surface area (Å²) in [6, 6.07) is 3.57. The smallest absolute Gasteiger partial charge is 0.261 e. The molecule has 98 valence electrons. The van der Waals surface area contributed by atoms with E-state index in [1.54, 1.807) is 12.1 Å². The monoisotopic (exact) mass is 267 g/mol. The third-order valence-corrected chi connectivity index (χ3v) is 3.79. The van der Waals surface area contributed by atoms with E-state index in [1.165, 1.54) is 11.3 Å². The Bertz CT molecular complexity index is 415. The van der Waals surface area contributed by atoms with E-state index in [1.807, 2.05) is 5.38 Å². The molecule has 4 N–H and O–H groups in total. The van der Waals surface area contributed by atoms with Crippen LogP contribution >= 0.6 is 11.3 Å². The number of rotatable bonds is 6. The highest BCUT2D eigenvalue weighted by Crippen LogP contribution is 2.31. The fourth-order valence-electron chi connectivity index (χ4n) is 1.64. The highest BCUT2D eigenvalue weighted by atomic mass is 32.1. The minimum atomic E-state index is -0.216. The lowest BCUT2D eigenvalue weighted by molar-refractivity contribution is -0.120. The summed E-state index contributed by atoms with van der Waals surface area (Å²) in [4.78, 5) is 23.7. The molecule has 6 heteroatoms. The molecule has 2 amide bonds. The normalized spacial score (nSPS) is 16.1. The van der Waals surface area contributed by atoms with Gasteiger partial charge in [0.25, 0.3) is 5.91 Å². The van der Waals surface area contributed by atoms with Gasteiger partial charge in [0, 0.05) is 12.6 Å². The molecule has 2 rings (SSSR count). The maximum Gasteiger partial charge on any atom is 0.261 e. The number of hydrogen-bond acceptors (Lipinski definition) is 4. The summed E-state index contributed by atoms with van der Waals surface area (Å²) in [6.07, 6.45) is 2.32. The molecule has 0 saturated heterocycles. The number of nitrogens with two attached hydrogens (primary N) is 1. The number of carbonyl (C=O) groups is 2. The van der Waals surface area contributed by atoms with Crippen LogP contribution in [0.1, 0.15) is 22.5 Å². The number of nitrogens with one attached hydrogen (secondary N) is 2. The summed E-state index contributed by atoms with van der Waals surface area (Å²) in [5.74, 6) is 0.147. The van der Waals surface area contributed by atoms with E-state index in [2.05, 4.69) is 10.6 Å². The number of carbonyl (C=O) groups excluding carboxylic acids is 2. The van der Waals surface area contributed by atoms with Crippen LogP contribution in [0.2, 0.25) is 0 Å². The minimum Gasteiger partial charge on any atom is -0.353 e. The largest absolute Gasteiger partial charge is 0.353 e. The van der Waals surface area contributed by atoms with Gasteiger partial charge in [0.15, 0.2) is 0 Å². The third kappa shape index (κ3) is 3.82. The molecule has 1 aliphatic rings. The Morgan fingerprint density at radius 1 is 1.44 bits per heavy atom. The molecule has 0 aliphatic heterocycles. The van der Waals surface area contributed by atoms with Gasteiger partial charge in [0.1, 0.15) is 0 Å². The average Bonchev–Trinajstić information content (AvgIpc) is 3.08. The first-order valence-corrected chi connectivity index (χ1v) is 6.89. The molecule has 5 nitrogen and oxygen atoms in total. The van der Waals surface area contributed by atoms with Crippen LogP contribution < -0.4 is 16.4 Å². The van der Waals surface area contributed by atoms with Crippen molar-refractivity contribution in [3.8, 4) is 0 Å². The number of thiophene rings is 1. The lowest BCUT2D eigenvalue weighted by Gasteiger charge is -2.11. The van der Waals surface area contributed by atoms with Crippen LogP contribution in [0.5, 0.6) is 0 Å². The Morgan fingerprint density at radius 2 is 2.22 bits per heavy atom. The van der Waals surface area contributed by atoms with Gasteiger partial charge in [0.05, 0.1) is 11.4 Å². The Hall–Kier alpha value is -1.40. The molecule has 1 fully saturated rings. The van der Waals surface area contributed by atoms with Crippen LogP contribution in [0, 0.1) is 5.92 Å². The van der Waals surface area contributed by atoms with Gasteiger partial charge in [-0.05, 0) is 30.2 Å². The molecule has 1 aliphatic carbocycles. The maximum atomic E-state index is 11.6. The van der Waals surface area contributed by atoms with Crippen molar-refractivity contribution < 1.29 is 9.59 Å². The van der Waals surface area contributed by atoms with Gasteiger partial charge in [-0.2, -0.15) is 0 Å². The van der Waals surface area contributed by atoms with Crippen LogP contribution in [-0.4, -0.2) is 30.9 Å². The lowest BCUT2D eigenvalue weighted by Crippen LogP contribution is -2.43.